The SMILES string of the molecule is Cc1cc(Cl)ccc1S(=O)(=O)Nc1cccc(CN2CCCC2=O)c1. The van der Waals surface area contributed by atoms with Crippen LogP contribution in [0.25, 0.3) is 0 Å². The molecular weight excluding hydrogens is 360 g/mol. The van der Waals surface area contributed by atoms with Crippen LogP contribution in [-0.2, 0) is 21.4 Å². The molecule has 25 heavy (non-hydrogen) atoms. The Balaban J connectivity index is 1.80. The van der Waals surface area contributed by atoms with Crippen LogP contribution in [0.3, 0.4) is 0 Å². The van der Waals surface area contributed by atoms with E-state index in [0.717, 1.165) is 18.5 Å². The Hall–Kier alpha value is -2.05. The van der Waals surface area contributed by atoms with Gasteiger partial charge in [0.25, 0.3) is 10.0 Å². The van der Waals surface area contributed by atoms with E-state index in [9.17, 15) is 13.2 Å². The van der Waals surface area contributed by atoms with Crippen LogP contribution < -0.4 is 4.72 Å². The van der Waals surface area contributed by atoms with Gasteiger partial charge in [0.05, 0.1) is 4.90 Å². The molecule has 0 atom stereocenters. The van der Waals surface area contributed by atoms with E-state index in [2.05, 4.69) is 4.72 Å². The lowest BCUT2D eigenvalue weighted by atomic mass is 10.2. The first-order chi connectivity index (χ1) is 11.8. The summed E-state index contributed by atoms with van der Waals surface area (Å²) in [4.78, 5) is 13.7. The number of nitrogens with one attached hydrogen (secondary N) is 1. The van der Waals surface area contributed by atoms with Gasteiger partial charge in [-0.3, -0.25) is 9.52 Å². The number of amides is 1. The molecule has 132 valence electrons. The zero-order valence-electron chi connectivity index (χ0n) is 13.8. The van der Waals surface area contributed by atoms with E-state index < -0.39 is 10.0 Å². The lowest BCUT2D eigenvalue weighted by Crippen LogP contribution is -2.23. The molecule has 2 aromatic carbocycles. The van der Waals surface area contributed by atoms with Crippen molar-refractivity contribution in [3.05, 3.63) is 58.6 Å². The third kappa shape index (κ3) is 4.14. The summed E-state index contributed by atoms with van der Waals surface area (Å²) in [6.45, 7) is 2.95. The third-order valence-corrected chi connectivity index (χ3v) is 5.93. The molecule has 1 amide bonds. The fourth-order valence-electron chi connectivity index (χ4n) is 2.95. The highest BCUT2D eigenvalue weighted by molar-refractivity contribution is 7.92. The van der Waals surface area contributed by atoms with Crippen LogP contribution >= 0.6 is 11.6 Å². The van der Waals surface area contributed by atoms with Gasteiger partial charge in [0.1, 0.15) is 0 Å². The molecule has 0 aliphatic carbocycles. The topological polar surface area (TPSA) is 66.5 Å². The largest absolute Gasteiger partial charge is 0.338 e. The normalized spacial score (nSPS) is 14.8. The number of sulfonamides is 1. The maximum Gasteiger partial charge on any atom is 0.262 e. The van der Waals surface area contributed by atoms with Gasteiger partial charge in [-0.1, -0.05) is 23.7 Å². The number of likely N-dealkylation sites (tertiary alicyclic amines) is 1. The summed E-state index contributed by atoms with van der Waals surface area (Å²) >= 11 is 5.89. The lowest BCUT2D eigenvalue weighted by Gasteiger charge is -2.16. The first-order valence-electron chi connectivity index (χ1n) is 8.01. The molecule has 0 bridgehead atoms. The van der Waals surface area contributed by atoms with Crippen LogP contribution in [-0.4, -0.2) is 25.8 Å². The van der Waals surface area contributed by atoms with Gasteiger partial charge in [0, 0.05) is 30.2 Å². The van der Waals surface area contributed by atoms with Crippen molar-refractivity contribution in [3.8, 4) is 0 Å². The van der Waals surface area contributed by atoms with E-state index in [-0.39, 0.29) is 10.8 Å². The van der Waals surface area contributed by atoms with E-state index in [1.165, 1.54) is 6.07 Å². The Bertz CT molecular complexity index is 912. The summed E-state index contributed by atoms with van der Waals surface area (Å²) in [6.07, 6.45) is 1.46. The van der Waals surface area contributed by atoms with Gasteiger partial charge in [0.2, 0.25) is 5.91 Å². The predicted molar refractivity (Wildman–Crippen MR) is 98.1 cm³/mol. The average Bonchev–Trinajstić information content (AvgIpc) is 2.92. The number of carbonyl (C=O) groups excluding carboxylic acids is 1. The van der Waals surface area contributed by atoms with Crippen molar-refractivity contribution < 1.29 is 13.2 Å². The summed E-state index contributed by atoms with van der Waals surface area (Å²) in [7, 11) is -3.70. The smallest absolute Gasteiger partial charge is 0.262 e. The summed E-state index contributed by atoms with van der Waals surface area (Å²) in [5.74, 6) is 0.141. The van der Waals surface area contributed by atoms with Gasteiger partial charge in [-0.15, -0.1) is 0 Å². The maximum atomic E-state index is 12.6. The van der Waals surface area contributed by atoms with E-state index in [1.807, 2.05) is 6.07 Å². The minimum absolute atomic E-state index is 0.141. The Morgan fingerprint density at radius 2 is 2.00 bits per heavy atom. The molecule has 1 N–H and O–H groups in total. The summed E-state index contributed by atoms with van der Waals surface area (Å²) in [6, 6.07) is 11.8. The first-order valence-corrected chi connectivity index (χ1v) is 9.87. The molecule has 2 aromatic rings. The number of hydrogen-bond acceptors (Lipinski definition) is 3. The molecule has 1 heterocycles. The van der Waals surface area contributed by atoms with Gasteiger partial charge in [-0.2, -0.15) is 0 Å². The van der Waals surface area contributed by atoms with Gasteiger partial charge >= 0.3 is 0 Å². The number of carbonyl (C=O) groups is 1. The number of halogens is 1. The second-order valence-electron chi connectivity index (χ2n) is 6.13. The van der Waals surface area contributed by atoms with Crippen LogP contribution in [0.1, 0.15) is 24.0 Å². The van der Waals surface area contributed by atoms with Gasteiger partial charge in [-0.05, 0) is 54.8 Å². The lowest BCUT2D eigenvalue weighted by molar-refractivity contribution is -0.128. The van der Waals surface area contributed by atoms with Gasteiger partial charge in [-0.25, -0.2) is 8.42 Å². The van der Waals surface area contributed by atoms with Gasteiger partial charge in [0.15, 0.2) is 0 Å². The van der Waals surface area contributed by atoms with E-state index in [0.29, 0.717) is 29.2 Å². The van der Waals surface area contributed by atoms with E-state index >= 15 is 0 Å². The Labute approximate surface area is 152 Å². The second-order valence-corrected chi connectivity index (χ2v) is 8.22. The molecule has 1 aliphatic heterocycles. The van der Waals surface area contributed by atoms with Crippen LogP contribution in [0.2, 0.25) is 5.02 Å². The number of rotatable bonds is 5. The molecule has 5 nitrogen and oxygen atoms in total. The standard InChI is InChI=1S/C18H19ClN2O3S/c1-13-10-15(19)7-8-17(13)25(23,24)20-16-5-2-4-14(11-16)12-21-9-3-6-18(21)22/h2,4-5,7-8,10-11,20H,3,6,9,12H2,1H3. The van der Waals surface area contributed by atoms with Crippen molar-refractivity contribution in [3.63, 3.8) is 0 Å². The van der Waals surface area contributed by atoms with Crippen molar-refractivity contribution in [2.75, 3.05) is 11.3 Å². The molecule has 0 aromatic heterocycles. The van der Waals surface area contributed by atoms with Gasteiger partial charge < -0.3 is 4.90 Å². The number of anilines is 1. The summed E-state index contributed by atoms with van der Waals surface area (Å²) in [5.41, 5.74) is 1.94. The quantitative estimate of drug-likeness (QED) is 0.864. The fourth-order valence-corrected chi connectivity index (χ4v) is 4.45. The highest BCUT2D eigenvalue weighted by Crippen LogP contribution is 2.23. The number of nitrogens with zero attached hydrogens (tertiary/aromatic N) is 1. The van der Waals surface area contributed by atoms with Crippen molar-refractivity contribution in [2.45, 2.75) is 31.2 Å². The summed E-state index contributed by atoms with van der Waals surface area (Å²) < 4.78 is 27.8. The number of aryl methyl sites for hydroxylation is 1. The molecule has 1 saturated heterocycles. The van der Waals surface area contributed by atoms with E-state index in [4.69, 9.17) is 11.6 Å². The molecule has 1 fully saturated rings. The van der Waals surface area contributed by atoms with Crippen LogP contribution in [0.15, 0.2) is 47.4 Å². The maximum absolute atomic E-state index is 12.6. The molecule has 0 saturated carbocycles. The first kappa shape index (κ1) is 17.8. The molecular formula is C18H19ClN2O3S. The molecule has 1 aliphatic rings. The summed E-state index contributed by atoms with van der Waals surface area (Å²) in [5, 5.41) is 0.494. The monoisotopic (exact) mass is 378 g/mol. The zero-order valence-corrected chi connectivity index (χ0v) is 15.4. The third-order valence-electron chi connectivity index (χ3n) is 4.15. The highest BCUT2D eigenvalue weighted by Gasteiger charge is 2.21. The zero-order chi connectivity index (χ0) is 18.0. The number of benzene rings is 2. The second kappa shape index (κ2) is 7.06. The minimum Gasteiger partial charge on any atom is -0.338 e. The Morgan fingerprint density at radius 3 is 2.68 bits per heavy atom. The number of hydrogen-bond donors (Lipinski definition) is 1. The van der Waals surface area contributed by atoms with E-state index in [1.54, 1.807) is 42.2 Å². The van der Waals surface area contributed by atoms with Crippen molar-refractivity contribution >= 4 is 33.2 Å². The Morgan fingerprint density at radius 1 is 1.20 bits per heavy atom. The van der Waals surface area contributed by atoms with Crippen LogP contribution in [0.5, 0.6) is 0 Å². The molecule has 0 spiro atoms. The van der Waals surface area contributed by atoms with Crippen molar-refractivity contribution in [2.24, 2.45) is 0 Å². The Kier molecular flexibility index (Phi) is 5.01. The molecule has 0 unspecified atom stereocenters. The average molecular weight is 379 g/mol. The minimum atomic E-state index is -3.70. The fraction of sp³-hybridized carbons (Fsp3) is 0.278. The molecule has 7 heteroatoms. The van der Waals surface area contributed by atoms with Crippen LogP contribution in [0, 0.1) is 6.92 Å². The van der Waals surface area contributed by atoms with Crippen LogP contribution in [0.4, 0.5) is 5.69 Å². The van der Waals surface area contributed by atoms with Crippen molar-refractivity contribution in [1.82, 2.24) is 4.90 Å². The molecule has 3 rings (SSSR count). The highest BCUT2D eigenvalue weighted by atomic mass is 35.5. The molecule has 0 radical (unpaired) electrons. The predicted octanol–water partition coefficient (Wildman–Crippen LogP) is 3.57. The van der Waals surface area contributed by atoms with Crippen molar-refractivity contribution in [1.29, 1.82) is 0 Å².